The van der Waals surface area contributed by atoms with Crippen molar-refractivity contribution in [3.8, 4) is 5.75 Å². The Morgan fingerprint density at radius 3 is 2.71 bits per heavy atom. The molecule has 0 aliphatic rings. The minimum Gasteiger partial charge on any atom is -0.495 e. The van der Waals surface area contributed by atoms with Gasteiger partial charge in [-0.25, -0.2) is 4.39 Å². The number of rotatable bonds is 4. The molecule has 7 heteroatoms. The molecule has 0 fully saturated rings. The maximum Gasteiger partial charge on any atom is 0.296 e. The minimum absolute atomic E-state index is 0.0987. The molecule has 3 aromatic rings. The smallest absolute Gasteiger partial charge is 0.296 e. The Hall–Kier alpha value is -2.86. The summed E-state index contributed by atoms with van der Waals surface area (Å²) in [7, 11) is 1.47. The lowest BCUT2D eigenvalue weighted by Gasteiger charge is -2.07. The van der Waals surface area contributed by atoms with Crippen LogP contribution in [0.3, 0.4) is 0 Å². The minimum atomic E-state index is -0.846. The Kier molecular flexibility index (Phi) is 4.22. The molecule has 0 aliphatic carbocycles. The standard InChI is InChI=1S/C17H12ClFN2O3/c1-24-15-5-3-10(7-13(15)18)21-17(23)16(22)12-8-20-14-4-2-9(19)6-11(12)14/h2-8,20H,1H3,(H,21,23). The molecule has 0 atom stereocenters. The number of halogens is 2. The van der Waals surface area contributed by atoms with Crippen LogP contribution in [0.4, 0.5) is 10.1 Å². The molecular weight excluding hydrogens is 335 g/mol. The number of amides is 1. The van der Waals surface area contributed by atoms with Gasteiger partial charge in [0.2, 0.25) is 0 Å². The molecule has 2 N–H and O–H groups in total. The molecule has 24 heavy (non-hydrogen) atoms. The number of carbonyl (C=O) groups is 2. The molecule has 1 aromatic heterocycles. The first-order chi connectivity index (χ1) is 11.5. The van der Waals surface area contributed by atoms with Crippen molar-refractivity contribution in [2.45, 2.75) is 0 Å². The number of Topliss-reactive ketones (excluding diaryl/α,β-unsaturated/α-hetero) is 1. The van der Waals surface area contributed by atoms with Gasteiger partial charge in [-0.1, -0.05) is 11.6 Å². The highest BCUT2D eigenvalue weighted by Gasteiger charge is 2.20. The summed E-state index contributed by atoms with van der Waals surface area (Å²) in [4.78, 5) is 27.3. The molecule has 5 nitrogen and oxygen atoms in total. The fourth-order valence-electron chi connectivity index (χ4n) is 2.34. The number of fused-ring (bicyclic) bond motifs is 1. The lowest BCUT2D eigenvalue weighted by molar-refractivity contribution is -0.112. The third-order valence-corrected chi connectivity index (χ3v) is 3.80. The number of nitrogens with one attached hydrogen (secondary N) is 2. The highest BCUT2D eigenvalue weighted by molar-refractivity contribution is 6.48. The monoisotopic (exact) mass is 346 g/mol. The molecular formula is C17H12ClFN2O3. The second-order valence-electron chi connectivity index (χ2n) is 5.02. The summed E-state index contributed by atoms with van der Waals surface area (Å²) in [5.41, 5.74) is 1.02. The van der Waals surface area contributed by atoms with E-state index in [1.807, 2.05) is 0 Å². The summed E-state index contributed by atoms with van der Waals surface area (Å²) < 4.78 is 18.4. The highest BCUT2D eigenvalue weighted by Crippen LogP contribution is 2.27. The largest absolute Gasteiger partial charge is 0.495 e. The second kappa shape index (κ2) is 6.33. The summed E-state index contributed by atoms with van der Waals surface area (Å²) in [6.07, 6.45) is 1.38. The van der Waals surface area contributed by atoms with Crippen molar-refractivity contribution in [1.82, 2.24) is 4.98 Å². The van der Waals surface area contributed by atoms with E-state index in [0.29, 0.717) is 27.4 Å². The van der Waals surface area contributed by atoms with E-state index >= 15 is 0 Å². The molecule has 3 rings (SSSR count). The predicted molar refractivity (Wildman–Crippen MR) is 89.2 cm³/mol. The maximum atomic E-state index is 13.4. The van der Waals surface area contributed by atoms with Crippen molar-refractivity contribution < 1.29 is 18.7 Å². The summed E-state index contributed by atoms with van der Waals surface area (Å²) >= 11 is 5.98. The first-order valence-corrected chi connectivity index (χ1v) is 7.33. The van der Waals surface area contributed by atoms with Crippen LogP contribution in [0.1, 0.15) is 10.4 Å². The number of hydrogen-bond donors (Lipinski definition) is 2. The Morgan fingerprint density at radius 1 is 1.21 bits per heavy atom. The normalized spacial score (nSPS) is 10.6. The van der Waals surface area contributed by atoms with Gasteiger partial charge >= 0.3 is 0 Å². The number of hydrogen-bond acceptors (Lipinski definition) is 3. The molecule has 2 aromatic carbocycles. The van der Waals surface area contributed by atoms with Crippen molar-refractivity contribution in [2.75, 3.05) is 12.4 Å². The number of H-pyrrole nitrogens is 1. The third-order valence-electron chi connectivity index (χ3n) is 3.50. The fraction of sp³-hybridized carbons (Fsp3) is 0.0588. The zero-order valence-electron chi connectivity index (χ0n) is 12.5. The number of anilines is 1. The van der Waals surface area contributed by atoms with Crippen molar-refractivity contribution >= 4 is 39.9 Å². The molecule has 0 saturated heterocycles. The van der Waals surface area contributed by atoms with Crippen LogP contribution in [-0.2, 0) is 4.79 Å². The molecule has 0 aliphatic heterocycles. The van der Waals surface area contributed by atoms with Gasteiger partial charge in [0.15, 0.2) is 0 Å². The van der Waals surface area contributed by atoms with Crippen molar-refractivity contribution in [3.05, 3.63) is 59.0 Å². The van der Waals surface area contributed by atoms with Gasteiger partial charge in [-0.05, 0) is 36.4 Å². The van der Waals surface area contributed by atoms with Gasteiger partial charge < -0.3 is 15.0 Å². The lowest BCUT2D eigenvalue weighted by atomic mass is 10.1. The van der Waals surface area contributed by atoms with Crippen LogP contribution in [0.25, 0.3) is 10.9 Å². The zero-order valence-corrected chi connectivity index (χ0v) is 13.3. The van der Waals surface area contributed by atoms with E-state index in [-0.39, 0.29) is 5.56 Å². The Labute approximate surface area is 141 Å². The molecule has 1 amide bonds. The molecule has 0 bridgehead atoms. The Morgan fingerprint density at radius 2 is 2.00 bits per heavy atom. The van der Waals surface area contributed by atoms with Gasteiger partial charge in [0.1, 0.15) is 11.6 Å². The number of ketones is 1. The van der Waals surface area contributed by atoms with E-state index in [2.05, 4.69) is 10.3 Å². The quantitative estimate of drug-likeness (QED) is 0.557. The lowest BCUT2D eigenvalue weighted by Crippen LogP contribution is -2.22. The van der Waals surface area contributed by atoms with E-state index in [0.717, 1.165) is 0 Å². The number of ether oxygens (including phenoxy) is 1. The second-order valence-corrected chi connectivity index (χ2v) is 5.43. The van der Waals surface area contributed by atoms with E-state index in [9.17, 15) is 14.0 Å². The number of aromatic amines is 1. The zero-order chi connectivity index (χ0) is 17.3. The average molecular weight is 347 g/mol. The highest BCUT2D eigenvalue weighted by atomic mass is 35.5. The van der Waals surface area contributed by atoms with E-state index in [1.54, 1.807) is 12.1 Å². The number of aromatic nitrogens is 1. The maximum absolute atomic E-state index is 13.4. The van der Waals surface area contributed by atoms with Crippen molar-refractivity contribution in [2.24, 2.45) is 0 Å². The van der Waals surface area contributed by atoms with Gasteiger partial charge in [0.05, 0.1) is 17.7 Å². The fourth-order valence-corrected chi connectivity index (χ4v) is 2.59. The molecule has 0 unspecified atom stereocenters. The molecule has 0 saturated carbocycles. The SMILES string of the molecule is COc1ccc(NC(=O)C(=O)c2c[nH]c3ccc(F)cc23)cc1Cl. The van der Waals surface area contributed by atoms with Crippen LogP contribution in [0.5, 0.6) is 5.75 Å². The number of methoxy groups -OCH3 is 1. The molecule has 122 valence electrons. The molecule has 0 radical (unpaired) electrons. The van der Waals surface area contributed by atoms with Crippen LogP contribution in [0.2, 0.25) is 5.02 Å². The van der Waals surface area contributed by atoms with Gasteiger partial charge in [-0.2, -0.15) is 0 Å². The number of carbonyl (C=O) groups excluding carboxylic acids is 2. The summed E-state index contributed by atoms with van der Waals surface area (Å²) in [6.45, 7) is 0. The predicted octanol–water partition coefficient (Wildman–Crippen LogP) is 3.79. The van der Waals surface area contributed by atoms with Gasteiger partial charge in [0, 0.05) is 22.8 Å². The van der Waals surface area contributed by atoms with E-state index < -0.39 is 17.5 Å². The van der Waals surface area contributed by atoms with Crippen molar-refractivity contribution in [1.29, 1.82) is 0 Å². The Bertz CT molecular complexity index is 952. The summed E-state index contributed by atoms with van der Waals surface area (Å²) in [5, 5.41) is 3.12. The first-order valence-electron chi connectivity index (χ1n) is 6.95. The summed E-state index contributed by atoms with van der Waals surface area (Å²) in [6, 6.07) is 8.58. The van der Waals surface area contributed by atoms with E-state index in [4.69, 9.17) is 16.3 Å². The van der Waals surface area contributed by atoms with Crippen LogP contribution in [0.15, 0.2) is 42.6 Å². The van der Waals surface area contributed by atoms with Crippen LogP contribution >= 0.6 is 11.6 Å². The van der Waals surface area contributed by atoms with Crippen LogP contribution < -0.4 is 10.1 Å². The van der Waals surface area contributed by atoms with Crippen molar-refractivity contribution in [3.63, 3.8) is 0 Å². The van der Waals surface area contributed by atoms with Gasteiger partial charge in [0.25, 0.3) is 11.7 Å². The van der Waals surface area contributed by atoms with Crippen LogP contribution in [-0.4, -0.2) is 23.8 Å². The topological polar surface area (TPSA) is 71.2 Å². The summed E-state index contributed by atoms with van der Waals surface area (Å²) in [5.74, 6) is -1.66. The third kappa shape index (κ3) is 2.96. The number of benzene rings is 2. The van der Waals surface area contributed by atoms with Crippen LogP contribution in [0, 0.1) is 5.82 Å². The van der Waals surface area contributed by atoms with Gasteiger partial charge in [-0.15, -0.1) is 0 Å². The average Bonchev–Trinajstić information content (AvgIpc) is 2.97. The first kappa shape index (κ1) is 16.0. The van der Waals surface area contributed by atoms with E-state index in [1.165, 1.54) is 37.6 Å². The molecule has 1 heterocycles. The Balaban J connectivity index is 1.85. The molecule has 0 spiro atoms. The van der Waals surface area contributed by atoms with Gasteiger partial charge in [-0.3, -0.25) is 9.59 Å².